The van der Waals surface area contributed by atoms with Crippen molar-refractivity contribution in [3.05, 3.63) is 39.1 Å². The Bertz CT molecular complexity index is 651. The van der Waals surface area contributed by atoms with E-state index in [2.05, 4.69) is 30.8 Å². The minimum Gasteiger partial charge on any atom is -0.320 e. The summed E-state index contributed by atoms with van der Waals surface area (Å²) < 4.78 is 17.4. The average Bonchev–Trinajstić information content (AvgIpc) is 2.81. The molecule has 1 amide bonds. The summed E-state index contributed by atoms with van der Waals surface area (Å²) >= 11 is 4.26. The van der Waals surface area contributed by atoms with Crippen LogP contribution in [0, 0.1) is 5.82 Å². The Morgan fingerprint density at radius 2 is 2.10 bits per heavy atom. The van der Waals surface area contributed by atoms with Crippen molar-refractivity contribution in [1.82, 2.24) is 9.59 Å². The maximum atomic E-state index is 13.0. The third kappa shape index (κ3) is 3.21. The van der Waals surface area contributed by atoms with Crippen LogP contribution in [0.1, 0.15) is 36.1 Å². The normalized spacial score (nSPS) is 11.4. The summed E-state index contributed by atoms with van der Waals surface area (Å²) in [6, 6.07) is 4.09. The van der Waals surface area contributed by atoms with Crippen molar-refractivity contribution < 1.29 is 9.18 Å². The quantitative estimate of drug-likeness (QED) is 0.883. The first kappa shape index (κ1) is 15.1. The van der Waals surface area contributed by atoms with E-state index in [1.165, 1.54) is 18.2 Å². The fourth-order valence-electron chi connectivity index (χ4n) is 1.60. The number of rotatable bonds is 2. The van der Waals surface area contributed by atoms with E-state index >= 15 is 0 Å². The van der Waals surface area contributed by atoms with Gasteiger partial charge in [-0.3, -0.25) is 4.79 Å². The van der Waals surface area contributed by atoms with Gasteiger partial charge in [-0.15, -0.1) is 5.10 Å². The lowest BCUT2D eigenvalue weighted by atomic mass is 9.91. The van der Waals surface area contributed by atoms with Gasteiger partial charge < -0.3 is 5.32 Å². The molecule has 0 spiro atoms. The summed E-state index contributed by atoms with van der Waals surface area (Å²) in [5.41, 5.74) is 0.891. The Balaban J connectivity index is 2.27. The molecule has 1 heterocycles. The third-order valence-electron chi connectivity index (χ3n) is 2.58. The van der Waals surface area contributed by atoms with Gasteiger partial charge in [0.15, 0.2) is 0 Å². The van der Waals surface area contributed by atoms with Crippen LogP contribution in [-0.2, 0) is 5.41 Å². The number of hydrogen-bond acceptors (Lipinski definition) is 4. The average molecular weight is 358 g/mol. The van der Waals surface area contributed by atoms with Gasteiger partial charge >= 0.3 is 0 Å². The van der Waals surface area contributed by atoms with Gasteiger partial charge in [-0.25, -0.2) is 4.39 Å². The summed E-state index contributed by atoms with van der Waals surface area (Å²) in [7, 11) is 0. The fraction of sp³-hybridized carbons (Fsp3) is 0.308. The molecule has 0 saturated carbocycles. The Labute approximate surface area is 128 Å². The highest BCUT2D eigenvalue weighted by Gasteiger charge is 2.26. The van der Waals surface area contributed by atoms with E-state index in [0.717, 1.165) is 11.5 Å². The van der Waals surface area contributed by atoms with Crippen molar-refractivity contribution in [2.45, 2.75) is 26.2 Å². The molecule has 1 N–H and O–H groups in total. The molecule has 0 atom stereocenters. The lowest BCUT2D eigenvalue weighted by Crippen LogP contribution is -2.20. The van der Waals surface area contributed by atoms with Crippen LogP contribution in [0.25, 0.3) is 0 Å². The number of hydrogen-bond donors (Lipinski definition) is 1. The molecule has 0 unspecified atom stereocenters. The highest BCUT2D eigenvalue weighted by molar-refractivity contribution is 9.10. The molecule has 0 fully saturated rings. The number of carbonyl (C=O) groups is 1. The second-order valence-corrected chi connectivity index (χ2v) is 6.89. The zero-order valence-corrected chi connectivity index (χ0v) is 13.6. The van der Waals surface area contributed by atoms with Gasteiger partial charge in [-0.1, -0.05) is 25.3 Å². The highest BCUT2D eigenvalue weighted by atomic mass is 79.9. The van der Waals surface area contributed by atoms with Crippen molar-refractivity contribution >= 4 is 39.1 Å². The van der Waals surface area contributed by atoms with E-state index in [4.69, 9.17) is 0 Å². The second-order valence-electron chi connectivity index (χ2n) is 5.28. The Kier molecular flexibility index (Phi) is 4.19. The molecule has 0 radical (unpaired) electrons. The lowest BCUT2D eigenvalue weighted by molar-refractivity contribution is 0.102. The second kappa shape index (κ2) is 5.57. The number of benzene rings is 1. The van der Waals surface area contributed by atoms with Gasteiger partial charge in [0.05, 0.1) is 11.4 Å². The van der Waals surface area contributed by atoms with Gasteiger partial charge in [0.25, 0.3) is 5.91 Å². The van der Waals surface area contributed by atoms with Crippen molar-refractivity contribution in [2.24, 2.45) is 0 Å². The summed E-state index contributed by atoms with van der Waals surface area (Å²) in [5, 5.41) is 6.75. The number of carbonyl (C=O) groups excluding carboxylic acids is 1. The van der Waals surface area contributed by atoms with Crippen molar-refractivity contribution in [1.29, 1.82) is 0 Å². The maximum absolute atomic E-state index is 13.0. The lowest BCUT2D eigenvalue weighted by Gasteiger charge is -2.16. The number of anilines is 1. The predicted octanol–water partition coefficient (Wildman–Crippen LogP) is 3.99. The summed E-state index contributed by atoms with van der Waals surface area (Å²) in [5.74, 6) is -0.665. The molecule has 0 aliphatic heterocycles. The third-order valence-corrected chi connectivity index (χ3v) is 3.96. The van der Waals surface area contributed by atoms with E-state index in [1.54, 1.807) is 0 Å². The van der Waals surface area contributed by atoms with Crippen molar-refractivity contribution in [3.63, 3.8) is 0 Å². The molecule has 2 aromatic rings. The van der Waals surface area contributed by atoms with E-state index in [9.17, 15) is 9.18 Å². The molecule has 0 saturated heterocycles. The number of nitrogens with zero attached hydrogens (tertiary/aromatic N) is 2. The zero-order chi connectivity index (χ0) is 14.9. The molecular weight excluding hydrogens is 345 g/mol. The standard InChI is InChI=1S/C13H13BrFN3OS/c1-13(2,3)11-10(20-18-17-11)12(19)16-9-5-4-7(15)6-8(9)14/h4-6H,1-3H3,(H,16,19). The van der Waals surface area contributed by atoms with Crippen molar-refractivity contribution in [3.8, 4) is 0 Å². The van der Waals surface area contributed by atoms with Crippen LogP contribution in [0.15, 0.2) is 22.7 Å². The van der Waals surface area contributed by atoms with Gasteiger partial charge in [-0.2, -0.15) is 0 Å². The van der Waals surface area contributed by atoms with Gasteiger partial charge in [0, 0.05) is 9.89 Å². The molecule has 0 aliphatic rings. The molecule has 1 aromatic carbocycles. The number of nitrogens with one attached hydrogen (secondary N) is 1. The van der Waals surface area contributed by atoms with Gasteiger partial charge in [-0.05, 0) is 45.7 Å². The molecule has 4 nitrogen and oxygen atoms in total. The van der Waals surface area contributed by atoms with Crippen LogP contribution in [0.5, 0.6) is 0 Å². The first-order chi connectivity index (χ1) is 9.29. The van der Waals surface area contributed by atoms with E-state index < -0.39 is 0 Å². The Hall–Kier alpha value is -1.34. The molecule has 0 aliphatic carbocycles. The van der Waals surface area contributed by atoms with Crippen LogP contribution in [-0.4, -0.2) is 15.5 Å². The van der Waals surface area contributed by atoms with Crippen LogP contribution >= 0.6 is 27.5 Å². The minimum absolute atomic E-state index is 0.264. The van der Waals surface area contributed by atoms with Crippen LogP contribution in [0.2, 0.25) is 0 Å². The number of amides is 1. The minimum atomic E-state index is -0.371. The number of halogens is 2. The van der Waals surface area contributed by atoms with Crippen LogP contribution < -0.4 is 5.32 Å². The monoisotopic (exact) mass is 357 g/mol. The molecule has 2 rings (SSSR count). The molecule has 0 bridgehead atoms. The number of aromatic nitrogens is 2. The van der Waals surface area contributed by atoms with E-state index in [1.807, 2.05) is 20.8 Å². The maximum Gasteiger partial charge on any atom is 0.269 e. The molecule has 7 heteroatoms. The topological polar surface area (TPSA) is 54.9 Å². The summed E-state index contributed by atoms with van der Waals surface area (Å²) in [6.45, 7) is 5.90. The fourth-order valence-corrected chi connectivity index (χ4v) is 2.82. The predicted molar refractivity (Wildman–Crippen MR) is 80.7 cm³/mol. The summed E-state index contributed by atoms with van der Waals surface area (Å²) in [6.07, 6.45) is 0. The first-order valence-electron chi connectivity index (χ1n) is 5.88. The smallest absolute Gasteiger partial charge is 0.269 e. The molecule has 1 aromatic heterocycles. The van der Waals surface area contributed by atoms with Gasteiger partial charge in [0.1, 0.15) is 10.7 Å². The summed E-state index contributed by atoms with van der Waals surface area (Å²) in [4.78, 5) is 12.8. The Morgan fingerprint density at radius 1 is 1.40 bits per heavy atom. The zero-order valence-electron chi connectivity index (χ0n) is 11.2. The van der Waals surface area contributed by atoms with E-state index in [0.29, 0.717) is 20.7 Å². The van der Waals surface area contributed by atoms with Gasteiger partial charge in [0.2, 0.25) is 0 Å². The molecular formula is C13H13BrFN3OS. The van der Waals surface area contributed by atoms with E-state index in [-0.39, 0.29) is 17.1 Å². The van der Waals surface area contributed by atoms with Crippen LogP contribution in [0.3, 0.4) is 0 Å². The molecule has 20 heavy (non-hydrogen) atoms. The van der Waals surface area contributed by atoms with Crippen molar-refractivity contribution in [2.75, 3.05) is 5.32 Å². The Morgan fingerprint density at radius 3 is 2.70 bits per heavy atom. The highest BCUT2D eigenvalue weighted by Crippen LogP contribution is 2.28. The molecule has 106 valence electrons. The SMILES string of the molecule is CC(C)(C)c1nnsc1C(=O)Nc1ccc(F)cc1Br. The van der Waals surface area contributed by atoms with Crippen LogP contribution in [0.4, 0.5) is 10.1 Å². The largest absolute Gasteiger partial charge is 0.320 e. The first-order valence-corrected chi connectivity index (χ1v) is 7.45.